The van der Waals surface area contributed by atoms with Gasteiger partial charge in [0.25, 0.3) is 5.69 Å². The molecule has 0 aliphatic carbocycles. The molecule has 0 saturated carbocycles. The van der Waals surface area contributed by atoms with E-state index in [9.17, 15) is 14.5 Å². The van der Waals surface area contributed by atoms with Gasteiger partial charge in [-0.15, -0.1) is 0 Å². The van der Waals surface area contributed by atoms with E-state index in [1.54, 1.807) is 0 Å². The van der Waals surface area contributed by atoms with E-state index >= 15 is 0 Å². The fraction of sp³-hybridized carbons (Fsp3) is 0.538. The van der Waals surface area contributed by atoms with Gasteiger partial charge in [-0.1, -0.05) is 13.8 Å². The van der Waals surface area contributed by atoms with Crippen molar-refractivity contribution in [2.24, 2.45) is 11.8 Å². The zero-order valence-corrected chi connectivity index (χ0v) is 10.6. The Labute approximate surface area is 106 Å². The third-order valence-corrected chi connectivity index (χ3v) is 3.31. The fourth-order valence-corrected chi connectivity index (χ4v) is 2.72. The van der Waals surface area contributed by atoms with Gasteiger partial charge >= 0.3 is 0 Å². The van der Waals surface area contributed by atoms with Crippen molar-refractivity contribution in [3.63, 3.8) is 0 Å². The van der Waals surface area contributed by atoms with Gasteiger partial charge in [0.2, 0.25) is 0 Å². The van der Waals surface area contributed by atoms with Crippen molar-refractivity contribution in [1.82, 2.24) is 0 Å². The average molecular weight is 252 g/mol. The second-order valence-electron chi connectivity index (χ2n) is 5.28. The molecule has 2 atom stereocenters. The first-order valence-corrected chi connectivity index (χ1v) is 6.15. The highest BCUT2D eigenvalue weighted by Crippen LogP contribution is 2.29. The lowest BCUT2D eigenvalue weighted by Gasteiger charge is -2.36. The molecule has 1 aromatic carbocycles. The highest BCUT2D eigenvalue weighted by Gasteiger charge is 2.23. The number of anilines is 1. The van der Waals surface area contributed by atoms with Crippen molar-refractivity contribution in [3.8, 4) is 0 Å². The molecule has 2 rings (SSSR count). The molecule has 0 bridgehead atoms. The average Bonchev–Trinajstić information content (AvgIpc) is 2.26. The highest BCUT2D eigenvalue weighted by molar-refractivity contribution is 5.54. The summed E-state index contributed by atoms with van der Waals surface area (Å²) in [5.74, 6) is 0.497. The number of piperidine rings is 1. The van der Waals surface area contributed by atoms with Crippen LogP contribution in [0.2, 0.25) is 0 Å². The van der Waals surface area contributed by atoms with Gasteiger partial charge in [-0.05, 0) is 24.3 Å². The maximum absolute atomic E-state index is 13.4. The van der Waals surface area contributed by atoms with E-state index in [0.29, 0.717) is 17.5 Å². The molecule has 0 spiro atoms. The number of nitrogens with zero attached hydrogens (tertiary/aromatic N) is 2. The van der Waals surface area contributed by atoms with Crippen LogP contribution in [-0.2, 0) is 0 Å². The Bertz CT molecular complexity index is 454. The molecule has 5 heteroatoms. The summed E-state index contributed by atoms with van der Waals surface area (Å²) in [5.41, 5.74) is 0.427. The normalized spacial score (nSPS) is 24.1. The maximum atomic E-state index is 13.4. The number of hydrogen-bond donors (Lipinski definition) is 0. The summed E-state index contributed by atoms with van der Waals surface area (Å²) in [6.07, 6.45) is 1.15. The van der Waals surface area contributed by atoms with Crippen LogP contribution in [0.5, 0.6) is 0 Å². The van der Waals surface area contributed by atoms with E-state index in [1.807, 2.05) is 4.90 Å². The lowest BCUT2D eigenvalue weighted by Crippen LogP contribution is -2.38. The number of nitro benzene ring substituents is 1. The van der Waals surface area contributed by atoms with Crippen LogP contribution >= 0.6 is 0 Å². The van der Waals surface area contributed by atoms with Gasteiger partial charge in [-0.25, -0.2) is 4.39 Å². The van der Waals surface area contributed by atoms with Crippen LogP contribution < -0.4 is 4.90 Å². The molecule has 18 heavy (non-hydrogen) atoms. The summed E-state index contributed by atoms with van der Waals surface area (Å²) >= 11 is 0. The summed E-state index contributed by atoms with van der Waals surface area (Å²) < 4.78 is 13.4. The van der Waals surface area contributed by atoms with Crippen LogP contribution in [0.1, 0.15) is 20.3 Å². The van der Waals surface area contributed by atoms with Gasteiger partial charge in [0.05, 0.1) is 11.0 Å². The smallest absolute Gasteiger partial charge is 0.274 e. The van der Waals surface area contributed by atoms with Crippen LogP contribution in [-0.4, -0.2) is 18.0 Å². The minimum absolute atomic E-state index is 0.184. The molecule has 98 valence electrons. The Balaban J connectivity index is 2.29. The van der Waals surface area contributed by atoms with Gasteiger partial charge < -0.3 is 4.90 Å². The molecule has 1 aliphatic heterocycles. The molecule has 1 heterocycles. The van der Waals surface area contributed by atoms with Crippen LogP contribution in [0.4, 0.5) is 15.8 Å². The van der Waals surface area contributed by atoms with Crippen molar-refractivity contribution in [3.05, 3.63) is 34.1 Å². The topological polar surface area (TPSA) is 46.4 Å². The largest absolute Gasteiger partial charge is 0.371 e. The first-order valence-electron chi connectivity index (χ1n) is 6.15. The third-order valence-electron chi connectivity index (χ3n) is 3.31. The van der Waals surface area contributed by atoms with Crippen LogP contribution in [0.15, 0.2) is 18.2 Å². The number of nitro groups is 1. The zero-order chi connectivity index (χ0) is 13.3. The van der Waals surface area contributed by atoms with Crippen molar-refractivity contribution in [2.45, 2.75) is 20.3 Å². The monoisotopic (exact) mass is 252 g/mol. The molecule has 0 N–H and O–H groups in total. The van der Waals surface area contributed by atoms with E-state index in [2.05, 4.69) is 13.8 Å². The predicted octanol–water partition coefficient (Wildman–Crippen LogP) is 3.22. The quantitative estimate of drug-likeness (QED) is 0.599. The second-order valence-corrected chi connectivity index (χ2v) is 5.28. The van der Waals surface area contributed by atoms with Crippen molar-refractivity contribution in [2.75, 3.05) is 18.0 Å². The van der Waals surface area contributed by atoms with E-state index in [4.69, 9.17) is 0 Å². The van der Waals surface area contributed by atoms with Crippen LogP contribution in [0, 0.1) is 27.8 Å². The first kappa shape index (κ1) is 12.8. The second kappa shape index (κ2) is 4.92. The van der Waals surface area contributed by atoms with Crippen molar-refractivity contribution >= 4 is 11.4 Å². The van der Waals surface area contributed by atoms with Crippen molar-refractivity contribution in [1.29, 1.82) is 0 Å². The lowest BCUT2D eigenvalue weighted by atomic mass is 9.91. The Morgan fingerprint density at radius 1 is 1.28 bits per heavy atom. The number of halogens is 1. The maximum Gasteiger partial charge on any atom is 0.274 e. The minimum atomic E-state index is -0.552. The molecule has 2 unspecified atom stereocenters. The van der Waals surface area contributed by atoms with E-state index < -0.39 is 10.7 Å². The number of benzene rings is 1. The Morgan fingerprint density at radius 2 is 1.89 bits per heavy atom. The van der Waals surface area contributed by atoms with Gasteiger partial charge in [0.1, 0.15) is 5.82 Å². The van der Waals surface area contributed by atoms with E-state index in [-0.39, 0.29) is 5.69 Å². The molecule has 1 saturated heterocycles. The van der Waals surface area contributed by atoms with Gasteiger partial charge in [-0.2, -0.15) is 0 Å². The molecule has 0 radical (unpaired) electrons. The van der Waals surface area contributed by atoms with E-state index in [1.165, 1.54) is 12.1 Å². The third kappa shape index (κ3) is 2.78. The zero-order valence-electron chi connectivity index (χ0n) is 10.6. The Hall–Kier alpha value is -1.65. The molecule has 1 aromatic rings. The predicted molar refractivity (Wildman–Crippen MR) is 68.2 cm³/mol. The van der Waals surface area contributed by atoms with Gasteiger partial charge in [0, 0.05) is 24.8 Å². The summed E-state index contributed by atoms with van der Waals surface area (Å²) in [6.45, 7) is 5.95. The van der Waals surface area contributed by atoms with Crippen LogP contribution in [0.3, 0.4) is 0 Å². The molecule has 1 aliphatic rings. The van der Waals surface area contributed by atoms with Crippen LogP contribution in [0.25, 0.3) is 0 Å². The van der Waals surface area contributed by atoms with Crippen molar-refractivity contribution < 1.29 is 9.31 Å². The molecule has 0 aromatic heterocycles. The number of hydrogen-bond acceptors (Lipinski definition) is 3. The molecule has 0 amide bonds. The van der Waals surface area contributed by atoms with Gasteiger partial charge in [-0.3, -0.25) is 10.1 Å². The van der Waals surface area contributed by atoms with Gasteiger partial charge in [0.15, 0.2) is 0 Å². The summed E-state index contributed by atoms with van der Waals surface area (Å²) in [5, 5.41) is 10.7. The molecular weight excluding hydrogens is 235 g/mol. The summed E-state index contributed by atoms with van der Waals surface area (Å²) in [6, 6.07) is 3.78. The fourth-order valence-electron chi connectivity index (χ4n) is 2.72. The molecule has 4 nitrogen and oxygen atoms in total. The Kier molecular flexibility index (Phi) is 3.50. The summed E-state index contributed by atoms with van der Waals surface area (Å²) in [7, 11) is 0. The summed E-state index contributed by atoms with van der Waals surface area (Å²) in [4.78, 5) is 12.2. The lowest BCUT2D eigenvalue weighted by molar-refractivity contribution is -0.385. The molecule has 1 fully saturated rings. The SMILES string of the molecule is CC1CC(C)CN(c2cc(F)cc([N+](=O)[O-])c2)C1. The Morgan fingerprint density at radius 3 is 2.44 bits per heavy atom. The first-order chi connectivity index (χ1) is 8.45. The highest BCUT2D eigenvalue weighted by atomic mass is 19.1. The van der Waals surface area contributed by atoms with E-state index in [0.717, 1.165) is 25.6 Å². The number of non-ortho nitro benzene ring substituents is 1. The standard InChI is InChI=1S/C13H17FN2O2/c1-9-3-10(2)8-15(7-9)12-4-11(14)5-13(6-12)16(17)18/h4-6,9-10H,3,7-8H2,1-2H3. The molecular formula is C13H17FN2O2. The minimum Gasteiger partial charge on any atom is -0.371 e. The number of rotatable bonds is 2.